The normalized spacial score (nSPS) is 14.1. The van der Waals surface area contributed by atoms with Crippen molar-refractivity contribution in [2.45, 2.75) is 5.92 Å². The first-order chi connectivity index (χ1) is 18.7. The molecule has 0 saturated carbocycles. The smallest absolute Gasteiger partial charge is 0.349 e. The molecule has 7 nitrogen and oxygen atoms in total. The zero-order chi connectivity index (χ0) is 28.3. The summed E-state index contributed by atoms with van der Waals surface area (Å²) in [5, 5.41) is 9.39. The molecule has 200 valence electrons. The highest BCUT2D eigenvalue weighted by molar-refractivity contribution is 6.55. The molecule has 0 bridgehead atoms. The molecule has 1 heterocycles. The summed E-state index contributed by atoms with van der Waals surface area (Å²) >= 11 is 30.3. The number of esters is 1. The van der Waals surface area contributed by atoms with Crippen molar-refractivity contribution < 1.29 is 23.7 Å². The summed E-state index contributed by atoms with van der Waals surface area (Å²) in [5.41, 5.74) is 7.76. The zero-order valence-corrected chi connectivity index (χ0v) is 23.6. The number of nitrogens with zero attached hydrogens (tertiary/aromatic N) is 1. The van der Waals surface area contributed by atoms with Gasteiger partial charge < -0.3 is 24.7 Å². The second-order valence-electron chi connectivity index (χ2n) is 7.95. The molecule has 0 amide bonds. The van der Waals surface area contributed by atoms with Crippen LogP contribution in [0.1, 0.15) is 17.0 Å². The number of nitrogens with two attached hydrogens (primary N) is 1. The Morgan fingerprint density at radius 1 is 0.974 bits per heavy atom. The molecule has 1 atom stereocenters. The second-order valence-corrected chi connectivity index (χ2v) is 9.84. The van der Waals surface area contributed by atoms with Gasteiger partial charge in [0.15, 0.2) is 12.4 Å². The summed E-state index contributed by atoms with van der Waals surface area (Å²) in [6.45, 7) is 3.42. The van der Waals surface area contributed by atoms with Crippen LogP contribution in [0.4, 0.5) is 0 Å². The molecular formula is C27H17Cl5N2O5. The minimum absolute atomic E-state index is 0.0412. The number of hydrogen-bond acceptors (Lipinski definition) is 7. The Labute approximate surface area is 248 Å². The van der Waals surface area contributed by atoms with Gasteiger partial charge in [-0.3, -0.25) is 0 Å². The van der Waals surface area contributed by atoms with Crippen molar-refractivity contribution >= 4 is 64.0 Å². The van der Waals surface area contributed by atoms with Crippen molar-refractivity contribution in [1.29, 1.82) is 5.26 Å². The molecular weight excluding hydrogens is 610 g/mol. The summed E-state index contributed by atoms with van der Waals surface area (Å²) in [6.07, 6.45) is 1.64. The van der Waals surface area contributed by atoms with Crippen LogP contribution in [0.15, 0.2) is 66.6 Å². The molecule has 1 aliphatic rings. The van der Waals surface area contributed by atoms with Gasteiger partial charge in [-0.1, -0.05) is 88.9 Å². The summed E-state index contributed by atoms with van der Waals surface area (Å²) in [4.78, 5) is 12.5. The lowest BCUT2D eigenvalue weighted by Gasteiger charge is -2.26. The Bertz CT molecular complexity index is 1500. The molecule has 1 aliphatic heterocycles. The van der Waals surface area contributed by atoms with Gasteiger partial charge in [-0.2, -0.15) is 5.26 Å². The summed E-state index contributed by atoms with van der Waals surface area (Å²) in [7, 11) is 0. The predicted molar refractivity (Wildman–Crippen MR) is 150 cm³/mol. The van der Waals surface area contributed by atoms with Crippen LogP contribution in [-0.2, 0) is 4.79 Å². The molecule has 2 N–H and O–H groups in total. The van der Waals surface area contributed by atoms with Gasteiger partial charge in [0.2, 0.25) is 5.88 Å². The number of allylic oxidation sites excluding steroid dienone is 1. The number of carbonyl (C=O) groups is 1. The highest BCUT2D eigenvalue weighted by Gasteiger charge is 2.31. The summed E-state index contributed by atoms with van der Waals surface area (Å²) < 4.78 is 22.0. The molecule has 0 radical (unpaired) electrons. The number of carbonyl (C=O) groups excluding carboxylic acids is 1. The third-order valence-corrected chi connectivity index (χ3v) is 7.75. The van der Waals surface area contributed by atoms with E-state index in [1.165, 1.54) is 6.07 Å². The van der Waals surface area contributed by atoms with Gasteiger partial charge in [0.1, 0.15) is 45.5 Å². The van der Waals surface area contributed by atoms with Gasteiger partial charge >= 0.3 is 5.97 Å². The topological polar surface area (TPSA) is 104 Å². The first-order valence-electron chi connectivity index (χ1n) is 11.1. The minimum atomic E-state index is -0.784. The first-order valence-corrected chi connectivity index (χ1v) is 12.9. The first kappa shape index (κ1) is 28.8. The largest absolute Gasteiger partial charge is 0.490 e. The van der Waals surface area contributed by atoms with Crippen molar-refractivity contribution in [2.75, 3.05) is 13.2 Å². The van der Waals surface area contributed by atoms with Crippen molar-refractivity contribution in [3.63, 3.8) is 0 Å². The minimum Gasteiger partial charge on any atom is -0.490 e. The molecule has 3 aromatic carbocycles. The van der Waals surface area contributed by atoms with Crippen LogP contribution >= 0.6 is 58.0 Å². The van der Waals surface area contributed by atoms with Crippen LogP contribution in [0.3, 0.4) is 0 Å². The number of halogens is 5. The molecule has 4 rings (SSSR count). The molecule has 0 fully saturated rings. The van der Waals surface area contributed by atoms with Gasteiger partial charge in [0.25, 0.3) is 0 Å². The second kappa shape index (κ2) is 12.3. The van der Waals surface area contributed by atoms with Gasteiger partial charge in [-0.15, -0.1) is 0 Å². The number of benzene rings is 3. The fourth-order valence-corrected chi connectivity index (χ4v) is 4.99. The lowest BCUT2D eigenvalue weighted by atomic mass is 9.83. The Balaban J connectivity index is 1.54. The fraction of sp³-hybridized carbons (Fsp3) is 0.111. The number of rotatable bonds is 8. The average Bonchev–Trinajstić information content (AvgIpc) is 2.93. The quantitative estimate of drug-likeness (QED) is 0.0898. The molecule has 0 saturated heterocycles. The van der Waals surface area contributed by atoms with E-state index in [9.17, 15) is 10.1 Å². The van der Waals surface area contributed by atoms with Crippen molar-refractivity contribution in [3.05, 3.63) is 103 Å². The standard InChI is InChI=1S/C27H17Cl5N2O5/c1-2-9-36-14-5-3-13(4-6-14)20-16-8-7-15(10-18(16)39-27(34)17(20)11-33)38-19(35)12-37-26-24(31)22(29)21(28)23(30)25(26)32/h2-8,10,20H,1,9,12,34H2. The Kier molecular flexibility index (Phi) is 9.06. The van der Waals surface area contributed by atoms with E-state index in [0.717, 1.165) is 5.56 Å². The van der Waals surface area contributed by atoms with Crippen molar-refractivity contribution in [3.8, 4) is 29.1 Å². The van der Waals surface area contributed by atoms with E-state index in [4.69, 9.17) is 82.7 Å². The van der Waals surface area contributed by atoms with Crippen LogP contribution in [0.25, 0.3) is 0 Å². The van der Waals surface area contributed by atoms with E-state index < -0.39 is 18.5 Å². The molecule has 3 aromatic rings. The van der Waals surface area contributed by atoms with Crippen molar-refractivity contribution in [2.24, 2.45) is 5.73 Å². The maximum Gasteiger partial charge on any atom is 0.349 e. The third-order valence-electron chi connectivity index (χ3n) is 5.51. The maximum atomic E-state index is 12.5. The zero-order valence-electron chi connectivity index (χ0n) is 19.8. The summed E-state index contributed by atoms with van der Waals surface area (Å²) in [6, 6.07) is 14.1. The van der Waals surface area contributed by atoms with E-state index in [1.54, 1.807) is 30.3 Å². The van der Waals surface area contributed by atoms with E-state index in [2.05, 4.69) is 12.6 Å². The Morgan fingerprint density at radius 3 is 2.21 bits per heavy atom. The van der Waals surface area contributed by atoms with Crippen molar-refractivity contribution in [1.82, 2.24) is 0 Å². The number of nitriles is 1. The number of ether oxygens (including phenoxy) is 4. The van der Waals surface area contributed by atoms with Gasteiger partial charge in [0, 0.05) is 11.6 Å². The van der Waals surface area contributed by atoms with Gasteiger partial charge in [-0.05, 0) is 23.8 Å². The van der Waals surface area contributed by atoms with Crippen LogP contribution < -0.4 is 24.7 Å². The molecule has 0 spiro atoms. The van der Waals surface area contributed by atoms with Crippen LogP contribution in [-0.4, -0.2) is 19.2 Å². The maximum absolute atomic E-state index is 12.5. The van der Waals surface area contributed by atoms with Gasteiger partial charge in [0.05, 0.1) is 21.0 Å². The SMILES string of the molecule is C=CCOc1ccc(C2C(C#N)=C(N)Oc3cc(OC(=O)COc4c(Cl)c(Cl)c(Cl)c(Cl)c4Cl)ccc32)cc1. The van der Waals surface area contributed by atoms with Crippen LogP contribution in [0, 0.1) is 11.3 Å². The van der Waals surface area contributed by atoms with E-state index in [0.29, 0.717) is 23.7 Å². The average molecular weight is 627 g/mol. The Hall–Kier alpha value is -3.25. The Morgan fingerprint density at radius 2 is 1.59 bits per heavy atom. The molecule has 39 heavy (non-hydrogen) atoms. The molecule has 12 heteroatoms. The third kappa shape index (κ3) is 6.01. The predicted octanol–water partition coefficient (Wildman–Crippen LogP) is 7.72. The molecule has 1 unspecified atom stereocenters. The number of hydrogen-bond donors (Lipinski definition) is 1. The highest BCUT2D eigenvalue weighted by atomic mass is 35.5. The van der Waals surface area contributed by atoms with E-state index >= 15 is 0 Å². The fourth-order valence-electron chi connectivity index (χ4n) is 3.76. The molecule has 0 aliphatic carbocycles. The number of fused-ring (bicyclic) bond motifs is 1. The lowest BCUT2D eigenvalue weighted by Crippen LogP contribution is -2.21. The van der Waals surface area contributed by atoms with Crippen LogP contribution in [0.2, 0.25) is 25.1 Å². The lowest BCUT2D eigenvalue weighted by molar-refractivity contribution is -0.136. The monoisotopic (exact) mass is 624 g/mol. The highest BCUT2D eigenvalue weighted by Crippen LogP contribution is 2.48. The summed E-state index contributed by atoms with van der Waals surface area (Å²) in [5.74, 6) is -0.360. The van der Waals surface area contributed by atoms with Gasteiger partial charge in [-0.25, -0.2) is 4.79 Å². The molecule has 0 aromatic heterocycles. The van der Waals surface area contributed by atoms with E-state index in [-0.39, 0.29) is 48.1 Å². The van der Waals surface area contributed by atoms with E-state index in [1.807, 2.05) is 12.1 Å². The van der Waals surface area contributed by atoms with Crippen LogP contribution in [0.5, 0.6) is 23.0 Å².